The van der Waals surface area contributed by atoms with Crippen LogP contribution in [0.3, 0.4) is 0 Å². The Morgan fingerprint density at radius 2 is 1.49 bits per heavy atom. The second-order valence-electron chi connectivity index (χ2n) is 8.27. The van der Waals surface area contributed by atoms with Gasteiger partial charge in [-0.05, 0) is 63.1 Å². The maximum atomic E-state index is 11.1. The molecule has 0 bridgehead atoms. The van der Waals surface area contributed by atoms with Crippen LogP contribution in [0.25, 0.3) is 21.6 Å². The van der Waals surface area contributed by atoms with E-state index in [0.717, 1.165) is 23.4 Å². The molecule has 1 aliphatic carbocycles. The van der Waals surface area contributed by atoms with E-state index in [1.165, 1.54) is 12.8 Å². The molecule has 0 amide bonds. The molecule has 8 heteroatoms. The smallest absolute Gasteiger partial charge is 0.308 e. The molecule has 212 valence electrons. The van der Waals surface area contributed by atoms with Gasteiger partial charge < -0.3 is 9.47 Å². The monoisotopic (exact) mass is 574 g/mol. The second kappa shape index (κ2) is 18.4. The molecule has 0 unspecified atom stereocenters. The molecule has 0 N–H and O–H groups in total. The van der Waals surface area contributed by atoms with Gasteiger partial charge in [-0.2, -0.15) is 0 Å². The Bertz CT molecular complexity index is 1050. The van der Waals surface area contributed by atoms with Gasteiger partial charge in [-0.25, -0.2) is 9.97 Å². The molecule has 2 heterocycles. The van der Waals surface area contributed by atoms with E-state index in [2.05, 4.69) is 9.97 Å². The lowest BCUT2D eigenvalue weighted by Crippen LogP contribution is -2.18. The highest BCUT2D eigenvalue weighted by Gasteiger charge is 2.20. The number of nitrogens with zero attached hydrogens (tertiary/aromatic N) is 2. The summed E-state index contributed by atoms with van der Waals surface area (Å²) in [7, 11) is 0. The number of esters is 1. The van der Waals surface area contributed by atoms with Gasteiger partial charge in [0.2, 0.25) is 5.88 Å². The molecule has 3 aromatic rings. The SMILES string of the molecule is C.C.C.C.C.CC(C)C(=O)OC1CCCC1.CC(C)Oc1nc2cc(Cl)c(Cl)cc2nc1-c1cccs1. The van der Waals surface area contributed by atoms with Crippen LogP contribution in [0.5, 0.6) is 5.88 Å². The van der Waals surface area contributed by atoms with Gasteiger partial charge in [0, 0.05) is 0 Å². The lowest BCUT2D eigenvalue weighted by atomic mass is 10.2. The summed E-state index contributed by atoms with van der Waals surface area (Å²) >= 11 is 13.7. The van der Waals surface area contributed by atoms with Crippen molar-refractivity contribution in [2.24, 2.45) is 5.92 Å². The number of benzene rings is 1. The van der Waals surface area contributed by atoms with Crippen molar-refractivity contribution in [2.45, 2.75) is 103 Å². The Morgan fingerprint density at radius 1 is 0.946 bits per heavy atom. The number of ether oxygens (including phenoxy) is 2. The summed E-state index contributed by atoms with van der Waals surface area (Å²) in [5.74, 6) is 0.492. The minimum absolute atomic E-state index is 0. The number of aromatic nitrogens is 2. The Balaban J connectivity index is -0.000000633. The Kier molecular flexibility index (Phi) is 19.7. The van der Waals surface area contributed by atoms with Crippen LogP contribution >= 0.6 is 34.5 Å². The summed E-state index contributed by atoms with van der Waals surface area (Å²) < 4.78 is 11.0. The first kappa shape index (κ1) is 39.6. The Morgan fingerprint density at radius 3 is 1.95 bits per heavy atom. The van der Waals surface area contributed by atoms with Crippen molar-refractivity contribution in [1.82, 2.24) is 9.97 Å². The van der Waals surface area contributed by atoms with E-state index < -0.39 is 0 Å². The van der Waals surface area contributed by atoms with Crippen molar-refractivity contribution in [3.05, 3.63) is 39.7 Å². The number of halogens is 2. The fourth-order valence-electron chi connectivity index (χ4n) is 3.22. The van der Waals surface area contributed by atoms with Crippen molar-refractivity contribution >= 4 is 51.5 Å². The average molecular weight is 576 g/mol. The molecule has 1 fully saturated rings. The number of rotatable bonds is 5. The highest BCUT2D eigenvalue weighted by molar-refractivity contribution is 7.13. The van der Waals surface area contributed by atoms with E-state index in [0.29, 0.717) is 27.0 Å². The van der Waals surface area contributed by atoms with Gasteiger partial charge in [-0.3, -0.25) is 4.79 Å². The molecule has 0 spiro atoms. The van der Waals surface area contributed by atoms with Crippen molar-refractivity contribution in [3.63, 3.8) is 0 Å². The van der Waals surface area contributed by atoms with Crippen LogP contribution in [0, 0.1) is 5.92 Å². The third-order valence-electron chi connectivity index (χ3n) is 4.83. The van der Waals surface area contributed by atoms with Gasteiger partial charge in [-0.15, -0.1) is 11.3 Å². The van der Waals surface area contributed by atoms with E-state index >= 15 is 0 Å². The standard InChI is InChI=1S/C15H12Cl2N2OS.C9H16O2.5CH4/c1-8(2)20-15-14(13-4-3-5-21-13)18-11-6-9(16)10(17)7-12(11)19-15;1-7(2)9(10)11-8-5-3-4-6-8;;;;;/h3-8H,1-2H3;7-8H,3-6H2,1-2H3;5*1H4. The first-order valence-electron chi connectivity index (χ1n) is 10.8. The topological polar surface area (TPSA) is 61.3 Å². The third-order valence-corrected chi connectivity index (χ3v) is 6.43. The highest BCUT2D eigenvalue weighted by atomic mass is 35.5. The third kappa shape index (κ3) is 11.2. The zero-order chi connectivity index (χ0) is 23.3. The summed E-state index contributed by atoms with van der Waals surface area (Å²) in [6, 6.07) is 7.39. The van der Waals surface area contributed by atoms with Gasteiger partial charge in [0.05, 0.1) is 38.0 Å². The number of carbonyl (C=O) groups excluding carboxylic acids is 1. The molecule has 4 rings (SSSR count). The highest BCUT2D eigenvalue weighted by Crippen LogP contribution is 2.34. The van der Waals surface area contributed by atoms with Crippen molar-refractivity contribution in [3.8, 4) is 16.5 Å². The number of fused-ring (bicyclic) bond motifs is 1. The Labute approximate surface area is 239 Å². The zero-order valence-corrected chi connectivity index (χ0v) is 21.1. The second-order valence-corrected chi connectivity index (χ2v) is 10.0. The van der Waals surface area contributed by atoms with Gasteiger partial charge in [-0.1, -0.05) is 80.2 Å². The van der Waals surface area contributed by atoms with Crippen LogP contribution in [0.15, 0.2) is 29.6 Å². The molecule has 1 aromatic carbocycles. The van der Waals surface area contributed by atoms with Crippen molar-refractivity contribution in [2.75, 3.05) is 0 Å². The number of hydrogen-bond acceptors (Lipinski definition) is 6. The van der Waals surface area contributed by atoms with E-state index in [9.17, 15) is 4.79 Å². The quantitative estimate of drug-likeness (QED) is 0.283. The molecule has 37 heavy (non-hydrogen) atoms. The predicted octanol–water partition coefficient (Wildman–Crippen LogP) is 10.8. The van der Waals surface area contributed by atoms with E-state index in [1.54, 1.807) is 23.5 Å². The van der Waals surface area contributed by atoms with Crippen LogP contribution in [-0.2, 0) is 9.53 Å². The molecule has 0 saturated heterocycles. The summed E-state index contributed by atoms with van der Waals surface area (Å²) in [5, 5.41) is 2.92. The number of hydrogen-bond donors (Lipinski definition) is 0. The van der Waals surface area contributed by atoms with Gasteiger partial charge in [0.25, 0.3) is 0 Å². The lowest BCUT2D eigenvalue weighted by molar-refractivity contribution is -0.152. The summed E-state index contributed by atoms with van der Waals surface area (Å²) in [5.41, 5.74) is 2.09. The van der Waals surface area contributed by atoms with Gasteiger partial charge in [0.1, 0.15) is 11.8 Å². The summed E-state index contributed by atoms with van der Waals surface area (Å²) in [6.45, 7) is 7.66. The Hall–Kier alpha value is -1.89. The fraction of sp³-hybridized carbons (Fsp3) is 0.552. The minimum atomic E-state index is -0.0445. The maximum Gasteiger partial charge on any atom is 0.308 e. The van der Waals surface area contributed by atoms with Crippen LogP contribution < -0.4 is 4.74 Å². The van der Waals surface area contributed by atoms with E-state index in [-0.39, 0.29) is 61.2 Å². The molecule has 5 nitrogen and oxygen atoms in total. The molecule has 0 atom stereocenters. The maximum absolute atomic E-state index is 11.1. The van der Waals surface area contributed by atoms with E-state index in [4.69, 9.17) is 32.7 Å². The van der Waals surface area contributed by atoms with Crippen LogP contribution in [0.2, 0.25) is 10.0 Å². The minimum Gasteiger partial charge on any atom is -0.473 e. The largest absolute Gasteiger partial charge is 0.473 e. The first-order chi connectivity index (χ1) is 15.2. The molecule has 1 aliphatic rings. The molecule has 1 saturated carbocycles. The van der Waals surface area contributed by atoms with Crippen molar-refractivity contribution < 1.29 is 14.3 Å². The van der Waals surface area contributed by atoms with Crippen LogP contribution in [-0.4, -0.2) is 28.1 Å². The van der Waals surface area contributed by atoms with Gasteiger partial charge >= 0.3 is 5.97 Å². The predicted molar refractivity (Wildman–Crippen MR) is 165 cm³/mol. The summed E-state index contributed by atoms with van der Waals surface area (Å²) in [6.07, 6.45) is 4.81. The lowest BCUT2D eigenvalue weighted by Gasteiger charge is -2.13. The van der Waals surface area contributed by atoms with E-state index in [1.807, 2.05) is 45.2 Å². The molecule has 0 aliphatic heterocycles. The molecule has 2 aromatic heterocycles. The van der Waals surface area contributed by atoms with Crippen molar-refractivity contribution in [1.29, 1.82) is 0 Å². The van der Waals surface area contributed by atoms with Gasteiger partial charge in [0.15, 0.2) is 0 Å². The molecular weight excluding hydrogens is 527 g/mol. The average Bonchev–Trinajstić information content (AvgIpc) is 3.43. The fourth-order valence-corrected chi connectivity index (χ4v) is 4.24. The number of thiophene rings is 1. The molecular formula is C29H48Cl2N2O3S. The first-order valence-corrected chi connectivity index (χ1v) is 12.5. The molecule has 0 radical (unpaired) electrons. The zero-order valence-electron chi connectivity index (χ0n) is 18.7. The number of carbonyl (C=O) groups is 1. The van der Waals surface area contributed by atoms with Crippen LogP contribution in [0.1, 0.15) is 90.5 Å². The normalized spacial score (nSPS) is 12.1. The van der Waals surface area contributed by atoms with Crippen LogP contribution in [0.4, 0.5) is 0 Å². The summed E-state index contributed by atoms with van der Waals surface area (Å²) in [4.78, 5) is 21.3.